The first-order valence-corrected chi connectivity index (χ1v) is 14.5. The highest BCUT2D eigenvalue weighted by Crippen LogP contribution is 2.27. The molecule has 0 saturated carbocycles. The zero-order chi connectivity index (χ0) is 27.0. The molecule has 3 aromatic carbocycles. The van der Waals surface area contributed by atoms with Crippen LogP contribution in [0.5, 0.6) is 5.75 Å². The third-order valence-corrected chi connectivity index (χ3v) is 7.74. The Labute approximate surface area is 231 Å². The second kappa shape index (κ2) is 12.9. The van der Waals surface area contributed by atoms with E-state index in [1.807, 2.05) is 60.7 Å². The molecular weight excluding hydrogens is 484 g/mol. The minimum Gasteiger partial charge on any atom is -0.494 e. The lowest BCUT2D eigenvalue weighted by molar-refractivity contribution is 0.216. The van der Waals surface area contributed by atoms with Crippen molar-refractivity contribution in [1.82, 2.24) is 14.7 Å². The van der Waals surface area contributed by atoms with Gasteiger partial charge >= 0.3 is 0 Å². The van der Waals surface area contributed by atoms with Gasteiger partial charge in [0, 0.05) is 29.7 Å². The van der Waals surface area contributed by atoms with Gasteiger partial charge in [-0.2, -0.15) is 9.78 Å². The summed E-state index contributed by atoms with van der Waals surface area (Å²) >= 11 is 0. The molecule has 6 nitrogen and oxygen atoms in total. The number of ether oxygens (including phenoxy) is 1. The van der Waals surface area contributed by atoms with E-state index < -0.39 is 0 Å². The maximum atomic E-state index is 13.4. The molecule has 6 heteroatoms. The van der Waals surface area contributed by atoms with Gasteiger partial charge in [-0.15, -0.1) is 0 Å². The van der Waals surface area contributed by atoms with E-state index in [0.717, 1.165) is 59.9 Å². The predicted octanol–water partition coefficient (Wildman–Crippen LogP) is 6.54. The Morgan fingerprint density at radius 3 is 2.21 bits per heavy atom. The minimum atomic E-state index is -0.116. The maximum Gasteiger partial charge on any atom is 0.279 e. The molecule has 1 aliphatic rings. The smallest absolute Gasteiger partial charge is 0.279 e. The van der Waals surface area contributed by atoms with Crippen LogP contribution in [0.4, 0.5) is 5.69 Å². The van der Waals surface area contributed by atoms with Crippen molar-refractivity contribution in [1.29, 1.82) is 0 Å². The Balaban J connectivity index is 1.33. The summed E-state index contributed by atoms with van der Waals surface area (Å²) in [6, 6.07) is 23.9. The van der Waals surface area contributed by atoms with E-state index in [4.69, 9.17) is 9.84 Å². The standard InChI is InChI=1S/C33H40N4O2/c1-3-36(4-2)27-16-18-28(19-17-27)37-33(38)31-13-7-6-12-30(31)32(34-37)26-14-20-29(21-15-26)39-25-11-10-24-35-22-8-5-9-23-35/h6-7,12-21H,3-5,8-11,22-25H2,1-2H3. The number of piperidine rings is 1. The average Bonchev–Trinajstić information content (AvgIpc) is 2.99. The number of likely N-dealkylation sites (tertiary alicyclic amines) is 1. The largest absolute Gasteiger partial charge is 0.494 e. The van der Waals surface area contributed by atoms with E-state index in [1.54, 1.807) is 0 Å². The highest BCUT2D eigenvalue weighted by atomic mass is 16.5. The number of anilines is 1. The summed E-state index contributed by atoms with van der Waals surface area (Å²) in [7, 11) is 0. The molecule has 1 aliphatic heterocycles. The van der Waals surface area contributed by atoms with Crippen LogP contribution in [0.3, 0.4) is 0 Å². The van der Waals surface area contributed by atoms with Crippen LogP contribution < -0.4 is 15.2 Å². The maximum absolute atomic E-state index is 13.4. The lowest BCUT2D eigenvalue weighted by Crippen LogP contribution is -2.30. The molecule has 0 aliphatic carbocycles. The number of hydrogen-bond acceptors (Lipinski definition) is 5. The highest BCUT2D eigenvalue weighted by Gasteiger charge is 2.14. The SMILES string of the molecule is CCN(CC)c1ccc(-n2nc(-c3ccc(OCCCCN4CCCCC4)cc3)c3ccccc3c2=O)cc1. The molecule has 0 spiro atoms. The molecule has 39 heavy (non-hydrogen) atoms. The van der Waals surface area contributed by atoms with Crippen LogP contribution in [0.15, 0.2) is 77.6 Å². The molecule has 5 rings (SSSR count). The molecule has 0 N–H and O–H groups in total. The first-order valence-electron chi connectivity index (χ1n) is 14.5. The van der Waals surface area contributed by atoms with Gasteiger partial charge in [0.25, 0.3) is 5.56 Å². The zero-order valence-corrected chi connectivity index (χ0v) is 23.3. The predicted molar refractivity (Wildman–Crippen MR) is 161 cm³/mol. The van der Waals surface area contributed by atoms with Crippen LogP contribution in [0.2, 0.25) is 0 Å². The molecule has 4 aromatic rings. The summed E-state index contributed by atoms with van der Waals surface area (Å²) in [6.07, 6.45) is 6.29. The summed E-state index contributed by atoms with van der Waals surface area (Å²) < 4.78 is 7.56. The number of aromatic nitrogens is 2. The minimum absolute atomic E-state index is 0.116. The first kappa shape index (κ1) is 26.9. The molecule has 204 valence electrons. The highest BCUT2D eigenvalue weighted by molar-refractivity contribution is 5.94. The average molecular weight is 525 g/mol. The molecule has 0 atom stereocenters. The molecule has 0 amide bonds. The van der Waals surface area contributed by atoms with Crippen molar-refractivity contribution >= 4 is 16.5 Å². The van der Waals surface area contributed by atoms with Crippen LogP contribution in [0.1, 0.15) is 46.0 Å². The van der Waals surface area contributed by atoms with Crippen molar-refractivity contribution in [3.63, 3.8) is 0 Å². The number of rotatable bonds is 11. The molecule has 2 heterocycles. The van der Waals surface area contributed by atoms with Gasteiger partial charge in [0.2, 0.25) is 0 Å². The van der Waals surface area contributed by atoms with Gasteiger partial charge in [0.1, 0.15) is 5.75 Å². The van der Waals surface area contributed by atoms with Crippen LogP contribution in [0, 0.1) is 0 Å². The van der Waals surface area contributed by atoms with Crippen molar-refractivity contribution in [2.24, 2.45) is 0 Å². The van der Waals surface area contributed by atoms with Gasteiger partial charge in [-0.1, -0.05) is 24.6 Å². The van der Waals surface area contributed by atoms with Crippen molar-refractivity contribution in [2.75, 3.05) is 44.2 Å². The van der Waals surface area contributed by atoms with E-state index in [1.165, 1.54) is 50.0 Å². The van der Waals surface area contributed by atoms with E-state index >= 15 is 0 Å². The van der Waals surface area contributed by atoms with Gasteiger partial charge in [0.15, 0.2) is 0 Å². The van der Waals surface area contributed by atoms with E-state index in [9.17, 15) is 4.79 Å². The quantitative estimate of drug-likeness (QED) is 0.208. The number of nitrogens with zero attached hydrogens (tertiary/aromatic N) is 4. The number of hydrogen-bond donors (Lipinski definition) is 0. The summed E-state index contributed by atoms with van der Waals surface area (Å²) in [5.41, 5.74) is 3.52. The molecule has 1 aromatic heterocycles. The first-order chi connectivity index (χ1) is 19.2. The molecule has 1 saturated heterocycles. The summed E-state index contributed by atoms with van der Waals surface area (Å²) in [4.78, 5) is 18.3. The lowest BCUT2D eigenvalue weighted by Gasteiger charge is -2.26. The number of benzene rings is 3. The molecule has 1 fully saturated rings. The Kier molecular flexibility index (Phi) is 8.94. The van der Waals surface area contributed by atoms with Crippen molar-refractivity contribution in [3.05, 3.63) is 83.2 Å². The molecule has 0 radical (unpaired) electrons. The van der Waals surface area contributed by atoms with Gasteiger partial charge in [0.05, 0.1) is 23.4 Å². The Morgan fingerprint density at radius 1 is 0.821 bits per heavy atom. The van der Waals surface area contributed by atoms with Crippen molar-refractivity contribution in [3.8, 4) is 22.7 Å². The van der Waals surface area contributed by atoms with E-state index in [0.29, 0.717) is 5.39 Å². The van der Waals surface area contributed by atoms with E-state index in [-0.39, 0.29) is 5.56 Å². The van der Waals surface area contributed by atoms with E-state index in [2.05, 4.69) is 35.8 Å². The molecule has 0 unspecified atom stereocenters. The molecular formula is C33H40N4O2. The normalized spacial score (nSPS) is 14.0. The number of fused-ring (bicyclic) bond motifs is 1. The van der Waals surface area contributed by atoms with Gasteiger partial charge < -0.3 is 14.5 Å². The van der Waals surface area contributed by atoms with Crippen molar-refractivity contribution in [2.45, 2.75) is 46.0 Å². The summed E-state index contributed by atoms with van der Waals surface area (Å²) in [6.45, 7) is 10.6. The fourth-order valence-corrected chi connectivity index (χ4v) is 5.49. The Bertz CT molecular complexity index is 1400. The lowest BCUT2D eigenvalue weighted by atomic mass is 10.0. The fraction of sp³-hybridized carbons (Fsp3) is 0.394. The fourth-order valence-electron chi connectivity index (χ4n) is 5.49. The second-order valence-electron chi connectivity index (χ2n) is 10.3. The van der Waals surface area contributed by atoms with Gasteiger partial charge in [-0.25, -0.2) is 0 Å². The number of unbranched alkanes of at least 4 members (excludes halogenated alkanes) is 1. The molecule has 0 bridgehead atoms. The Morgan fingerprint density at radius 2 is 1.51 bits per heavy atom. The van der Waals surface area contributed by atoms with Gasteiger partial charge in [-0.3, -0.25) is 4.79 Å². The monoisotopic (exact) mass is 524 g/mol. The van der Waals surface area contributed by atoms with Gasteiger partial charge in [-0.05, 0) is 114 Å². The van der Waals surface area contributed by atoms with Crippen LogP contribution in [-0.2, 0) is 0 Å². The van der Waals surface area contributed by atoms with Crippen LogP contribution >= 0.6 is 0 Å². The topological polar surface area (TPSA) is 50.6 Å². The van der Waals surface area contributed by atoms with Crippen LogP contribution in [-0.4, -0.2) is 54.0 Å². The third-order valence-electron chi connectivity index (χ3n) is 7.74. The zero-order valence-electron chi connectivity index (χ0n) is 23.3. The summed E-state index contributed by atoms with van der Waals surface area (Å²) in [5, 5.41) is 6.37. The summed E-state index contributed by atoms with van der Waals surface area (Å²) in [5.74, 6) is 0.862. The second-order valence-corrected chi connectivity index (χ2v) is 10.3. The van der Waals surface area contributed by atoms with Crippen molar-refractivity contribution < 1.29 is 4.74 Å². The van der Waals surface area contributed by atoms with Crippen LogP contribution in [0.25, 0.3) is 27.7 Å². The third kappa shape index (κ3) is 6.34. The Hall–Kier alpha value is -3.64.